The van der Waals surface area contributed by atoms with Gasteiger partial charge in [0.15, 0.2) is 5.82 Å². The van der Waals surface area contributed by atoms with Crippen molar-refractivity contribution in [1.29, 1.82) is 0 Å². The molecule has 4 heterocycles. The van der Waals surface area contributed by atoms with Crippen LogP contribution in [0.15, 0.2) is 36.7 Å². The van der Waals surface area contributed by atoms with Crippen LogP contribution < -0.4 is 15.5 Å². The Labute approximate surface area is 183 Å². The van der Waals surface area contributed by atoms with E-state index in [0.717, 1.165) is 38.7 Å². The molecule has 0 aliphatic carbocycles. The van der Waals surface area contributed by atoms with Crippen molar-refractivity contribution in [2.45, 2.75) is 32.6 Å². The molecule has 3 aromatic heterocycles. The average Bonchev–Trinajstić information content (AvgIpc) is 3.28. The first-order chi connectivity index (χ1) is 15.3. The lowest BCUT2D eigenvalue weighted by molar-refractivity contribution is -0.114. The summed E-state index contributed by atoms with van der Waals surface area (Å²) in [5, 5.41) is 14.3. The minimum atomic E-state index is -3.18. The Kier molecular flexibility index (Phi) is 5.89. The molecule has 3 aromatic rings. The van der Waals surface area contributed by atoms with E-state index in [9.17, 15) is 13.6 Å². The largest absolute Gasteiger partial charge is 0.355 e. The topological polar surface area (TPSA) is 109 Å². The van der Waals surface area contributed by atoms with Gasteiger partial charge in [-0.1, -0.05) is 0 Å². The number of alkyl halides is 2. The normalized spacial score (nSPS) is 13.8. The maximum atomic E-state index is 13.7. The Hall–Kier alpha value is -3.76. The van der Waals surface area contributed by atoms with Gasteiger partial charge in [0.05, 0.1) is 11.4 Å². The van der Waals surface area contributed by atoms with Gasteiger partial charge in [-0.05, 0) is 31.0 Å². The van der Waals surface area contributed by atoms with Crippen molar-refractivity contribution in [3.8, 4) is 11.3 Å². The SMILES string of the molecule is CC(=O)Nc1cc(Nc2ccnc(C(C)(F)F)n2)c(-c2ccc(N3CCCC3)nn2)cn1. The number of carbonyl (C=O) groups excluding carboxylic acids is 1. The minimum Gasteiger partial charge on any atom is -0.355 e. The number of pyridine rings is 1. The number of hydrogen-bond donors (Lipinski definition) is 2. The Morgan fingerprint density at radius 2 is 1.88 bits per heavy atom. The fourth-order valence-electron chi connectivity index (χ4n) is 3.37. The smallest absolute Gasteiger partial charge is 0.303 e. The van der Waals surface area contributed by atoms with Gasteiger partial charge in [0.25, 0.3) is 0 Å². The zero-order chi connectivity index (χ0) is 22.7. The Balaban J connectivity index is 1.69. The molecule has 0 unspecified atom stereocenters. The van der Waals surface area contributed by atoms with Crippen LogP contribution >= 0.6 is 0 Å². The molecule has 0 aromatic carbocycles. The zero-order valence-electron chi connectivity index (χ0n) is 17.6. The van der Waals surface area contributed by atoms with E-state index >= 15 is 0 Å². The number of amides is 1. The highest BCUT2D eigenvalue weighted by atomic mass is 19.3. The molecule has 0 bridgehead atoms. The first kappa shape index (κ1) is 21.5. The number of nitrogens with zero attached hydrogens (tertiary/aromatic N) is 6. The molecule has 0 atom stereocenters. The van der Waals surface area contributed by atoms with Crippen LogP contribution in [0.2, 0.25) is 0 Å². The highest BCUT2D eigenvalue weighted by molar-refractivity contribution is 5.89. The van der Waals surface area contributed by atoms with Gasteiger partial charge in [-0.15, -0.1) is 10.2 Å². The Morgan fingerprint density at radius 3 is 2.53 bits per heavy atom. The molecule has 1 aliphatic rings. The molecule has 1 amide bonds. The van der Waals surface area contributed by atoms with Crippen molar-refractivity contribution in [2.24, 2.45) is 0 Å². The quantitative estimate of drug-likeness (QED) is 0.597. The fourth-order valence-corrected chi connectivity index (χ4v) is 3.37. The third kappa shape index (κ3) is 4.93. The van der Waals surface area contributed by atoms with Crippen molar-refractivity contribution in [2.75, 3.05) is 28.6 Å². The second-order valence-electron chi connectivity index (χ2n) is 7.55. The number of nitrogens with one attached hydrogen (secondary N) is 2. The molecule has 0 radical (unpaired) electrons. The molecule has 32 heavy (non-hydrogen) atoms. The third-order valence-corrected chi connectivity index (χ3v) is 4.88. The van der Waals surface area contributed by atoms with E-state index in [4.69, 9.17) is 0 Å². The van der Waals surface area contributed by atoms with E-state index in [2.05, 4.69) is 40.7 Å². The summed E-state index contributed by atoms with van der Waals surface area (Å²) in [5.74, 6) is -2.82. The molecule has 4 rings (SSSR count). The van der Waals surface area contributed by atoms with Crippen LogP contribution in [-0.4, -0.2) is 44.1 Å². The number of anilines is 4. The van der Waals surface area contributed by atoms with Crippen molar-refractivity contribution >= 4 is 29.0 Å². The fraction of sp³-hybridized carbons (Fsp3) is 0.333. The summed E-state index contributed by atoms with van der Waals surface area (Å²) in [6.07, 6.45) is 5.04. The maximum Gasteiger partial charge on any atom is 0.303 e. The summed E-state index contributed by atoms with van der Waals surface area (Å²) in [7, 11) is 0. The summed E-state index contributed by atoms with van der Waals surface area (Å²) < 4.78 is 27.3. The predicted octanol–water partition coefficient (Wildman–Crippen LogP) is 3.74. The van der Waals surface area contributed by atoms with Gasteiger partial charge < -0.3 is 15.5 Å². The van der Waals surface area contributed by atoms with Gasteiger partial charge >= 0.3 is 5.92 Å². The van der Waals surface area contributed by atoms with Crippen molar-refractivity contribution in [3.05, 3.63) is 42.5 Å². The first-order valence-corrected chi connectivity index (χ1v) is 10.1. The van der Waals surface area contributed by atoms with Crippen LogP contribution in [0.1, 0.15) is 32.5 Å². The first-order valence-electron chi connectivity index (χ1n) is 10.1. The van der Waals surface area contributed by atoms with Crippen LogP contribution in [0.3, 0.4) is 0 Å². The molecule has 166 valence electrons. The van der Waals surface area contributed by atoms with Crippen LogP contribution in [0, 0.1) is 0 Å². The Morgan fingerprint density at radius 1 is 1.09 bits per heavy atom. The number of hydrogen-bond acceptors (Lipinski definition) is 8. The summed E-state index contributed by atoms with van der Waals surface area (Å²) in [4.78, 5) is 25.4. The molecule has 11 heteroatoms. The number of halogens is 2. The summed E-state index contributed by atoms with van der Waals surface area (Å²) >= 11 is 0. The summed E-state index contributed by atoms with van der Waals surface area (Å²) in [6.45, 7) is 4.00. The molecule has 1 fully saturated rings. The summed E-state index contributed by atoms with van der Waals surface area (Å²) in [6, 6.07) is 6.77. The van der Waals surface area contributed by atoms with Crippen molar-refractivity contribution in [1.82, 2.24) is 25.1 Å². The van der Waals surface area contributed by atoms with Crippen LogP contribution in [0.5, 0.6) is 0 Å². The highest BCUT2D eigenvalue weighted by Gasteiger charge is 2.28. The molecule has 0 spiro atoms. The van der Waals surface area contributed by atoms with Gasteiger partial charge in [0.2, 0.25) is 11.7 Å². The van der Waals surface area contributed by atoms with E-state index in [-0.39, 0.29) is 11.7 Å². The molecule has 0 saturated carbocycles. The highest BCUT2D eigenvalue weighted by Crippen LogP contribution is 2.31. The molecule has 2 N–H and O–H groups in total. The standard InChI is InChI=1S/C21H22F2N8O/c1-13(32)26-18-11-16(27-17-7-8-24-20(28-17)21(2,22)23)14(12-25-18)15-5-6-19(30-29-15)31-9-3-4-10-31/h5-8,11-12H,3-4,9-10H2,1-2H3,(H2,24,25,26,27,28,32). The van der Waals surface area contributed by atoms with Gasteiger partial charge in [0.1, 0.15) is 11.6 Å². The molecule has 9 nitrogen and oxygen atoms in total. The van der Waals surface area contributed by atoms with Gasteiger partial charge in [0, 0.05) is 51.0 Å². The molecular weight excluding hydrogens is 418 g/mol. The number of carbonyl (C=O) groups is 1. The Bertz CT molecular complexity index is 1110. The lowest BCUT2D eigenvalue weighted by Gasteiger charge is -2.16. The number of aromatic nitrogens is 5. The lowest BCUT2D eigenvalue weighted by Crippen LogP contribution is -2.19. The van der Waals surface area contributed by atoms with Crippen LogP contribution in [0.25, 0.3) is 11.3 Å². The third-order valence-electron chi connectivity index (χ3n) is 4.88. The molecular formula is C21H22F2N8O. The second kappa shape index (κ2) is 8.77. The molecule has 1 saturated heterocycles. The predicted molar refractivity (Wildman–Crippen MR) is 116 cm³/mol. The molecule has 1 aliphatic heterocycles. The van der Waals surface area contributed by atoms with E-state index in [1.807, 2.05) is 12.1 Å². The van der Waals surface area contributed by atoms with E-state index in [1.54, 1.807) is 6.07 Å². The van der Waals surface area contributed by atoms with Crippen LogP contribution in [0.4, 0.5) is 31.9 Å². The average molecular weight is 440 g/mol. The monoisotopic (exact) mass is 440 g/mol. The van der Waals surface area contributed by atoms with Gasteiger partial charge in [-0.2, -0.15) is 8.78 Å². The van der Waals surface area contributed by atoms with Gasteiger partial charge in [-0.25, -0.2) is 15.0 Å². The minimum absolute atomic E-state index is 0.166. The van der Waals surface area contributed by atoms with E-state index in [1.165, 1.54) is 25.4 Å². The summed E-state index contributed by atoms with van der Waals surface area (Å²) in [5.41, 5.74) is 1.58. The second-order valence-corrected chi connectivity index (χ2v) is 7.55. The van der Waals surface area contributed by atoms with E-state index < -0.39 is 11.7 Å². The number of rotatable bonds is 6. The van der Waals surface area contributed by atoms with Crippen molar-refractivity contribution < 1.29 is 13.6 Å². The van der Waals surface area contributed by atoms with E-state index in [0.29, 0.717) is 22.8 Å². The van der Waals surface area contributed by atoms with Crippen LogP contribution in [-0.2, 0) is 10.7 Å². The lowest BCUT2D eigenvalue weighted by atomic mass is 10.1. The van der Waals surface area contributed by atoms with Crippen molar-refractivity contribution in [3.63, 3.8) is 0 Å². The van der Waals surface area contributed by atoms with Gasteiger partial charge in [-0.3, -0.25) is 4.79 Å². The maximum absolute atomic E-state index is 13.7. The zero-order valence-corrected chi connectivity index (χ0v) is 17.6.